The first kappa shape index (κ1) is 13.3. The van der Waals surface area contributed by atoms with Gasteiger partial charge < -0.3 is 10.2 Å². The molecule has 1 aromatic rings. The van der Waals surface area contributed by atoms with Crippen molar-refractivity contribution in [3.05, 3.63) is 29.6 Å². The van der Waals surface area contributed by atoms with Crippen molar-refractivity contribution in [2.24, 2.45) is 0 Å². The number of rotatable bonds is 4. The molecule has 1 aliphatic rings. The zero-order valence-corrected chi connectivity index (χ0v) is 11.5. The van der Waals surface area contributed by atoms with Crippen molar-refractivity contribution in [1.82, 2.24) is 5.32 Å². The highest BCUT2D eigenvalue weighted by Gasteiger charge is 2.17. The van der Waals surface area contributed by atoms with Crippen molar-refractivity contribution in [1.29, 1.82) is 0 Å². The number of nitrogens with zero attached hydrogens (tertiary/aromatic N) is 1. The monoisotopic (exact) mass is 250 g/mol. The molecular weight excluding hydrogens is 227 g/mol. The molecule has 0 aromatic heterocycles. The predicted molar refractivity (Wildman–Crippen MR) is 74.5 cm³/mol. The average Bonchev–Trinajstić information content (AvgIpc) is 2.81. The topological polar surface area (TPSA) is 15.3 Å². The molecule has 1 aliphatic heterocycles. The van der Waals surface area contributed by atoms with Crippen LogP contribution < -0.4 is 10.2 Å². The molecule has 1 N–H and O–H groups in total. The van der Waals surface area contributed by atoms with E-state index in [1.807, 2.05) is 12.1 Å². The van der Waals surface area contributed by atoms with Crippen molar-refractivity contribution < 1.29 is 4.39 Å². The zero-order chi connectivity index (χ0) is 13.1. The van der Waals surface area contributed by atoms with Gasteiger partial charge in [0.25, 0.3) is 0 Å². The van der Waals surface area contributed by atoms with Gasteiger partial charge in [-0.25, -0.2) is 4.39 Å². The zero-order valence-electron chi connectivity index (χ0n) is 11.5. The maximum absolute atomic E-state index is 14.1. The molecule has 1 heterocycles. The molecule has 2 nitrogen and oxygen atoms in total. The fourth-order valence-electron chi connectivity index (χ4n) is 2.60. The van der Waals surface area contributed by atoms with Crippen molar-refractivity contribution in [3.8, 4) is 0 Å². The third-order valence-corrected chi connectivity index (χ3v) is 3.50. The molecule has 18 heavy (non-hydrogen) atoms. The predicted octanol–water partition coefficient (Wildman–Crippen LogP) is 3.48. The summed E-state index contributed by atoms with van der Waals surface area (Å²) in [6.45, 7) is 8.24. The Morgan fingerprint density at radius 1 is 1.17 bits per heavy atom. The first-order valence-electron chi connectivity index (χ1n) is 6.88. The Labute approximate surface area is 109 Å². The summed E-state index contributed by atoms with van der Waals surface area (Å²) in [6.07, 6.45) is 2.35. The number of benzene rings is 1. The highest BCUT2D eigenvalue weighted by Crippen LogP contribution is 2.26. The maximum Gasteiger partial charge on any atom is 0.146 e. The lowest BCUT2D eigenvalue weighted by molar-refractivity contribution is 0.503. The Kier molecular flexibility index (Phi) is 4.23. The molecule has 2 rings (SSSR count). The van der Waals surface area contributed by atoms with E-state index in [1.165, 1.54) is 12.8 Å². The Hall–Kier alpha value is -1.09. The van der Waals surface area contributed by atoms with E-state index in [0.29, 0.717) is 6.04 Å². The van der Waals surface area contributed by atoms with Gasteiger partial charge in [0, 0.05) is 25.2 Å². The molecule has 0 unspecified atom stereocenters. The minimum atomic E-state index is -0.0909. The lowest BCUT2D eigenvalue weighted by Gasteiger charge is -2.21. The summed E-state index contributed by atoms with van der Waals surface area (Å²) in [6, 6.07) is 6.23. The summed E-state index contributed by atoms with van der Waals surface area (Å²) >= 11 is 0. The fourth-order valence-corrected chi connectivity index (χ4v) is 2.60. The Balaban J connectivity index is 2.13. The maximum atomic E-state index is 14.1. The third kappa shape index (κ3) is 3.02. The van der Waals surface area contributed by atoms with E-state index >= 15 is 0 Å². The van der Waals surface area contributed by atoms with Gasteiger partial charge >= 0.3 is 0 Å². The van der Waals surface area contributed by atoms with E-state index in [4.69, 9.17) is 0 Å². The molecule has 1 atom stereocenters. The fraction of sp³-hybridized carbons (Fsp3) is 0.600. The molecule has 0 saturated carbocycles. The quantitative estimate of drug-likeness (QED) is 0.880. The summed E-state index contributed by atoms with van der Waals surface area (Å²) in [5.41, 5.74) is 1.78. The molecule has 0 aliphatic carbocycles. The third-order valence-electron chi connectivity index (χ3n) is 3.50. The van der Waals surface area contributed by atoms with Gasteiger partial charge in [0.05, 0.1) is 5.69 Å². The number of hydrogen-bond donors (Lipinski definition) is 1. The largest absolute Gasteiger partial charge is 0.369 e. The van der Waals surface area contributed by atoms with Gasteiger partial charge in [-0.3, -0.25) is 0 Å². The minimum Gasteiger partial charge on any atom is -0.369 e. The smallest absolute Gasteiger partial charge is 0.146 e. The first-order valence-corrected chi connectivity index (χ1v) is 6.88. The Bertz CT molecular complexity index is 397. The number of nitrogens with one attached hydrogen (secondary N) is 1. The van der Waals surface area contributed by atoms with Crippen LogP contribution in [0.25, 0.3) is 0 Å². The minimum absolute atomic E-state index is 0.0909. The Morgan fingerprint density at radius 3 is 2.39 bits per heavy atom. The first-order chi connectivity index (χ1) is 8.58. The van der Waals surface area contributed by atoms with Gasteiger partial charge in [-0.1, -0.05) is 19.9 Å². The van der Waals surface area contributed by atoms with Gasteiger partial charge in [0.2, 0.25) is 0 Å². The van der Waals surface area contributed by atoms with E-state index in [-0.39, 0.29) is 11.9 Å². The van der Waals surface area contributed by atoms with Crippen LogP contribution in [0.2, 0.25) is 0 Å². The molecule has 1 saturated heterocycles. The summed E-state index contributed by atoms with van der Waals surface area (Å²) in [4.78, 5) is 2.14. The van der Waals surface area contributed by atoms with Gasteiger partial charge in [0.15, 0.2) is 0 Å². The highest BCUT2D eigenvalue weighted by atomic mass is 19.1. The standard InChI is InChI=1S/C15H23FN2/c1-11(2)17-12(3)13-6-7-15(14(16)10-13)18-8-4-5-9-18/h6-7,10-12,17H,4-5,8-9H2,1-3H3/t12-/m0/s1. The average molecular weight is 250 g/mol. The highest BCUT2D eigenvalue weighted by molar-refractivity contribution is 5.50. The van der Waals surface area contributed by atoms with Crippen LogP contribution in [-0.2, 0) is 0 Å². The van der Waals surface area contributed by atoms with Crippen LogP contribution in [0.1, 0.15) is 45.2 Å². The van der Waals surface area contributed by atoms with Crippen molar-refractivity contribution >= 4 is 5.69 Å². The van der Waals surface area contributed by atoms with Crippen LogP contribution in [0, 0.1) is 5.82 Å². The second-order valence-electron chi connectivity index (χ2n) is 5.45. The number of halogens is 1. The van der Waals surface area contributed by atoms with E-state index < -0.39 is 0 Å². The molecule has 0 amide bonds. The van der Waals surface area contributed by atoms with Crippen LogP contribution >= 0.6 is 0 Å². The molecule has 0 bridgehead atoms. The van der Waals surface area contributed by atoms with Crippen molar-refractivity contribution in [2.75, 3.05) is 18.0 Å². The van der Waals surface area contributed by atoms with E-state index in [0.717, 1.165) is 24.3 Å². The summed E-state index contributed by atoms with van der Waals surface area (Å²) in [7, 11) is 0. The molecule has 3 heteroatoms. The van der Waals surface area contributed by atoms with Crippen LogP contribution in [0.3, 0.4) is 0 Å². The second-order valence-corrected chi connectivity index (χ2v) is 5.45. The molecular formula is C15H23FN2. The molecule has 1 fully saturated rings. The normalized spacial score (nSPS) is 17.5. The van der Waals surface area contributed by atoms with E-state index in [9.17, 15) is 4.39 Å². The van der Waals surface area contributed by atoms with E-state index in [2.05, 4.69) is 31.0 Å². The Morgan fingerprint density at radius 2 is 1.83 bits per heavy atom. The molecule has 0 radical (unpaired) electrons. The lowest BCUT2D eigenvalue weighted by Crippen LogP contribution is -2.26. The second kappa shape index (κ2) is 5.70. The molecule has 1 aromatic carbocycles. The van der Waals surface area contributed by atoms with E-state index in [1.54, 1.807) is 6.07 Å². The van der Waals surface area contributed by atoms with Gasteiger partial charge in [-0.2, -0.15) is 0 Å². The number of anilines is 1. The SMILES string of the molecule is CC(C)N[C@@H](C)c1ccc(N2CCCC2)c(F)c1. The van der Waals surface area contributed by atoms with Crippen molar-refractivity contribution in [3.63, 3.8) is 0 Å². The summed E-state index contributed by atoms with van der Waals surface area (Å²) in [5.74, 6) is -0.0909. The molecule has 100 valence electrons. The lowest BCUT2D eigenvalue weighted by atomic mass is 10.1. The van der Waals surface area contributed by atoms with Crippen molar-refractivity contribution in [2.45, 2.75) is 45.7 Å². The number of hydrogen-bond acceptors (Lipinski definition) is 2. The van der Waals surface area contributed by atoms with Crippen LogP contribution in [0.15, 0.2) is 18.2 Å². The van der Waals surface area contributed by atoms with Crippen LogP contribution in [0.4, 0.5) is 10.1 Å². The van der Waals surface area contributed by atoms with Gasteiger partial charge in [-0.15, -0.1) is 0 Å². The molecule has 0 spiro atoms. The van der Waals surface area contributed by atoms with Crippen LogP contribution in [0.5, 0.6) is 0 Å². The van der Waals surface area contributed by atoms with Crippen LogP contribution in [-0.4, -0.2) is 19.1 Å². The van der Waals surface area contributed by atoms with Gasteiger partial charge in [-0.05, 0) is 37.5 Å². The summed E-state index contributed by atoms with van der Waals surface area (Å²) in [5, 5.41) is 3.39. The summed E-state index contributed by atoms with van der Waals surface area (Å²) < 4.78 is 14.1. The van der Waals surface area contributed by atoms with Gasteiger partial charge in [0.1, 0.15) is 5.82 Å².